The number of allylic oxidation sites excluding steroid dienone is 2. The van der Waals surface area contributed by atoms with Gasteiger partial charge < -0.3 is 19.4 Å². The summed E-state index contributed by atoms with van der Waals surface area (Å²) in [6.45, 7) is 10.8. The topological polar surface area (TPSA) is 73.4 Å². The van der Waals surface area contributed by atoms with Gasteiger partial charge in [-0.25, -0.2) is 4.39 Å². The van der Waals surface area contributed by atoms with Crippen molar-refractivity contribution in [2.24, 2.45) is 5.41 Å². The summed E-state index contributed by atoms with van der Waals surface area (Å²) in [5.74, 6) is -1.22. The lowest BCUT2D eigenvalue weighted by molar-refractivity contribution is -0.148. The van der Waals surface area contributed by atoms with E-state index < -0.39 is 11.9 Å². The highest BCUT2D eigenvalue weighted by Gasteiger charge is 2.46. The molecule has 8 nitrogen and oxygen atoms in total. The molecule has 3 amide bonds. The number of nitrogens with zero attached hydrogens (tertiary/aromatic N) is 4. The first kappa shape index (κ1) is 28.8. The minimum atomic E-state index is -0.770. The average molecular weight is 573 g/mol. The highest BCUT2D eigenvalue weighted by molar-refractivity contribution is 6.30. The van der Waals surface area contributed by atoms with Crippen molar-refractivity contribution in [2.45, 2.75) is 45.6 Å². The molecule has 216 valence electrons. The molecule has 0 aromatic heterocycles. The van der Waals surface area contributed by atoms with Crippen LogP contribution in [0.25, 0.3) is 0 Å². The van der Waals surface area contributed by atoms with Crippen LogP contribution in [0.3, 0.4) is 0 Å². The predicted octanol–water partition coefficient (Wildman–Crippen LogP) is 3.43. The molecule has 5 rings (SSSR count). The molecule has 1 aromatic carbocycles. The fourth-order valence-electron chi connectivity index (χ4n) is 5.94. The Hall–Kier alpha value is -2.75. The van der Waals surface area contributed by atoms with Gasteiger partial charge in [-0.3, -0.25) is 19.3 Å². The Morgan fingerprint density at radius 2 is 1.85 bits per heavy atom. The van der Waals surface area contributed by atoms with E-state index in [2.05, 4.69) is 4.90 Å². The van der Waals surface area contributed by atoms with E-state index in [1.807, 2.05) is 26.8 Å². The number of morpholine rings is 1. The van der Waals surface area contributed by atoms with E-state index in [4.69, 9.17) is 16.3 Å². The maximum Gasteiger partial charge on any atom is 0.256 e. The van der Waals surface area contributed by atoms with Crippen LogP contribution in [0, 0.1) is 11.2 Å². The van der Waals surface area contributed by atoms with E-state index in [-0.39, 0.29) is 42.1 Å². The number of hydrogen-bond acceptors (Lipinski definition) is 5. The van der Waals surface area contributed by atoms with Crippen LogP contribution >= 0.6 is 11.6 Å². The standard InChI is InChI=1S/C30H38ClFN4O4/c1-30(2,3)18-27(37)34-9-11-36-26(19-34)29(39)35(10-8-33-12-14-40-15-13-33)25-7-4-20(16-23(25)28(36)38)22-6-5-21(31)17-24(22)32/h5-7,16-17,20,26H,4,8-15,18-19H2,1-3H3. The monoisotopic (exact) mass is 572 g/mol. The van der Waals surface area contributed by atoms with Crippen LogP contribution in [0.2, 0.25) is 5.02 Å². The fraction of sp³-hybridized carbons (Fsp3) is 0.567. The first-order valence-electron chi connectivity index (χ1n) is 14.1. The number of carbonyl (C=O) groups excluding carboxylic acids is 3. The summed E-state index contributed by atoms with van der Waals surface area (Å²) in [7, 11) is 0. The van der Waals surface area contributed by atoms with E-state index in [1.54, 1.807) is 32.9 Å². The summed E-state index contributed by atoms with van der Waals surface area (Å²) in [4.78, 5) is 48.6. The number of hydrogen-bond donors (Lipinski definition) is 0. The third-order valence-electron chi connectivity index (χ3n) is 8.06. The summed E-state index contributed by atoms with van der Waals surface area (Å²) in [5.41, 5.74) is 1.27. The van der Waals surface area contributed by atoms with Gasteiger partial charge in [0.1, 0.15) is 11.9 Å². The zero-order valence-electron chi connectivity index (χ0n) is 23.5. The minimum Gasteiger partial charge on any atom is -0.379 e. The van der Waals surface area contributed by atoms with Gasteiger partial charge in [0.25, 0.3) is 11.8 Å². The lowest BCUT2D eigenvalue weighted by Gasteiger charge is -2.41. The maximum absolute atomic E-state index is 14.9. The number of benzene rings is 1. The van der Waals surface area contributed by atoms with Gasteiger partial charge in [-0.1, -0.05) is 50.6 Å². The van der Waals surface area contributed by atoms with Crippen LogP contribution in [0.1, 0.15) is 45.1 Å². The molecule has 3 aliphatic heterocycles. The molecule has 2 atom stereocenters. The maximum atomic E-state index is 14.9. The normalized spacial score (nSPS) is 24.3. The zero-order chi connectivity index (χ0) is 28.6. The summed E-state index contributed by atoms with van der Waals surface area (Å²) in [6, 6.07) is 3.82. The lowest BCUT2D eigenvalue weighted by Crippen LogP contribution is -2.60. The van der Waals surface area contributed by atoms with Gasteiger partial charge in [0.15, 0.2) is 0 Å². The average Bonchev–Trinajstić information content (AvgIpc) is 3.00. The number of halogens is 2. The van der Waals surface area contributed by atoms with Gasteiger partial charge in [0.2, 0.25) is 5.91 Å². The summed E-state index contributed by atoms with van der Waals surface area (Å²) >= 11 is 5.98. The van der Waals surface area contributed by atoms with Gasteiger partial charge in [-0.05, 0) is 29.5 Å². The lowest BCUT2D eigenvalue weighted by atomic mass is 9.87. The Balaban J connectivity index is 1.46. The van der Waals surface area contributed by atoms with Crippen molar-refractivity contribution < 1.29 is 23.5 Å². The van der Waals surface area contributed by atoms with Crippen LogP contribution in [0.4, 0.5) is 4.39 Å². The van der Waals surface area contributed by atoms with Crippen molar-refractivity contribution in [1.82, 2.24) is 19.6 Å². The second kappa shape index (κ2) is 11.6. The highest BCUT2D eigenvalue weighted by atomic mass is 35.5. The Morgan fingerprint density at radius 1 is 1.10 bits per heavy atom. The predicted molar refractivity (Wildman–Crippen MR) is 150 cm³/mol. The zero-order valence-corrected chi connectivity index (χ0v) is 24.3. The highest BCUT2D eigenvalue weighted by Crippen LogP contribution is 2.37. The van der Waals surface area contributed by atoms with Crippen molar-refractivity contribution in [1.29, 1.82) is 0 Å². The second-order valence-electron chi connectivity index (χ2n) is 12.2. The molecule has 1 aliphatic carbocycles. The van der Waals surface area contributed by atoms with Gasteiger partial charge >= 0.3 is 0 Å². The van der Waals surface area contributed by atoms with Gasteiger partial charge in [0, 0.05) is 56.6 Å². The first-order valence-corrected chi connectivity index (χ1v) is 14.5. The SMILES string of the molecule is CC(C)(C)CC(=O)N1CCN2C(=O)C3=CC(c4ccc(Cl)cc4F)CC=C3N(CCN3CCOCC3)C(=O)C2C1. The number of amides is 3. The summed E-state index contributed by atoms with van der Waals surface area (Å²) < 4.78 is 20.3. The number of fused-ring (bicyclic) bond motifs is 2. The largest absolute Gasteiger partial charge is 0.379 e. The third kappa shape index (κ3) is 6.11. The van der Waals surface area contributed by atoms with Crippen molar-refractivity contribution in [2.75, 3.05) is 59.0 Å². The van der Waals surface area contributed by atoms with Crippen molar-refractivity contribution in [3.05, 3.63) is 58.0 Å². The Kier molecular flexibility index (Phi) is 8.36. The third-order valence-corrected chi connectivity index (χ3v) is 8.30. The van der Waals surface area contributed by atoms with E-state index in [1.165, 1.54) is 6.07 Å². The van der Waals surface area contributed by atoms with Crippen LogP contribution in [0.15, 0.2) is 41.6 Å². The molecule has 3 heterocycles. The van der Waals surface area contributed by atoms with Crippen molar-refractivity contribution in [3.8, 4) is 0 Å². The molecule has 2 unspecified atom stereocenters. The van der Waals surface area contributed by atoms with E-state index >= 15 is 0 Å². The molecule has 0 spiro atoms. The Labute approximate surface area is 240 Å². The van der Waals surface area contributed by atoms with Crippen molar-refractivity contribution >= 4 is 29.3 Å². The van der Waals surface area contributed by atoms with Crippen LogP contribution < -0.4 is 0 Å². The number of carbonyl (C=O) groups is 3. The molecule has 4 aliphatic rings. The number of piperazine rings is 1. The van der Waals surface area contributed by atoms with Crippen molar-refractivity contribution in [3.63, 3.8) is 0 Å². The molecule has 3 fully saturated rings. The van der Waals surface area contributed by atoms with Gasteiger partial charge in [0.05, 0.1) is 31.0 Å². The molecular weight excluding hydrogens is 535 g/mol. The Bertz CT molecular complexity index is 1240. The smallest absolute Gasteiger partial charge is 0.256 e. The Morgan fingerprint density at radius 3 is 2.55 bits per heavy atom. The van der Waals surface area contributed by atoms with E-state index in [9.17, 15) is 18.8 Å². The molecule has 3 saturated heterocycles. The number of ether oxygens (including phenoxy) is 1. The molecule has 0 bridgehead atoms. The molecule has 0 saturated carbocycles. The number of rotatable bonds is 5. The molecular formula is C30H38ClFN4O4. The van der Waals surface area contributed by atoms with E-state index in [0.717, 1.165) is 13.1 Å². The van der Waals surface area contributed by atoms with Crippen LogP contribution in [-0.2, 0) is 19.1 Å². The minimum absolute atomic E-state index is 0.00867. The second-order valence-corrected chi connectivity index (χ2v) is 12.6. The first-order chi connectivity index (χ1) is 19.0. The molecule has 40 heavy (non-hydrogen) atoms. The fourth-order valence-corrected chi connectivity index (χ4v) is 6.10. The van der Waals surface area contributed by atoms with E-state index in [0.29, 0.717) is 67.5 Å². The quantitative estimate of drug-likeness (QED) is 0.541. The molecule has 0 radical (unpaired) electrons. The molecule has 10 heteroatoms. The molecule has 1 aromatic rings. The van der Waals surface area contributed by atoms with Gasteiger partial charge in [-0.2, -0.15) is 0 Å². The molecule has 0 N–H and O–H groups in total. The van der Waals surface area contributed by atoms with Gasteiger partial charge in [-0.15, -0.1) is 0 Å². The summed E-state index contributed by atoms with van der Waals surface area (Å²) in [6.07, 6.45) is 4.52. The van der Waals surface area contributed by atoms with Crippen LogP contribution in [0.5, 0.6) is 0 Å². The summed E-state index contributed by atoms with van der Waals surface area (Å²) in [5, 5.41) is 0.313. The van der Waals surface area contributed by atoms with Crippen LogP contribution in [-0.4, -0.2) is 102 Å².